The fourth-order valence-corrected chi connectivity index (χ4v) is 4.37. The van der Waals surface area contributed by atoms with Crippen LogP contribution in [-0.2, 0) is 6.42 Å². The van der Waals surface area contributed by atoms with Crippen LogP contribution >= 0.6 is 11.3 Å². The van der Waals surface area contributed by atoms with Gasteiger partial charge in [-0.25, -0.2) is 4.39 Å². The van der Waals surface area contributed by atoms with E-state index in [-0.39, 0.29) is 6.04 Å². The van der Waals surface area contributed by atoms with Crippen LogP contribution in [0, 0.1) is 23.2 Å². The van der Waals surface area contributed by atoms with Crippen LogP contribution in [0.3, 0.4) is 0 Å². The van der Waals surface area contributed by atoms with E-state index in [0.29, 0.717) is 13.0 Å². The van der Waals surface area contributed by atoms with Crippen molar-refractivity contribution < 1.29 is 4.39 Å². The summed E-state index contributed by atoms with van der Waals surface area (Å²) in [6.07, 6.45) is 0.243. The van der Waals surface area contributed by atoms with E-state index in [9.17, 15) is 4.39 Å². The average molecular weight is 341 g/mol. The molecule has 2 atom stereocenters. The second kappa shape index (κ2) is 7.21. The van der Waals surface area contributed by atoms with Crippen molar-refractivity contribution in [3.8, 4) is 17.9 Å². The zero-order chi connectivity index (χ0) is 17.1. The molecule has 1 aliphatic heterocycles. The van der Waals surface area contributed by atoms with Gasteiger partial charge in [0, 0.05) is 24.0 Å². The molecule has 0 radical (unpaired) electrons. The molecule has 1 aliphatic rings. The summed E-state index contributed by atoms with van der Waals surface area (Å²) >= 11 is 1.59. The van der Waals surface area contributed by atoms with Crippen molar-refractivity contribution in [3.05, 3.63) is 28.6 Å². The summed E-state index contributed by atoms with van der Waals surface area (Å²) in [4.78, 5) is 2.96. The molecule has 1 aromatic carbocycles. The molecule has 3 nitrogen and oxygen atoms in total. The number of hydrogen-bond donors (Lipinski definition) is 1. The molecule has 1 saturated heterocycles. The van der Waals surface area contributed by atoms with Gasteiger partial charge in [0.25, 0.3) is 0 Å². The van der Waals surface area contributed by atoms with Gasteiger partial charge in [-0.2, -0.15) is 5.26 Å². The Morgan fingerprint density at radius 2 is 2.29 bits per heavy atom. The Morgan fingerprint density at radius 3 is 3.00 bits per heavy atom. The SMILES string of the molecule is CC#Cc1sc2c(NC3CCN(C)CC3F)cccc2c1CC#N. The van der Waals surface area contributed by atoms with E-state index in [0.717, 1.165) is 39.2 Å². The van der Waals surface area contributed by atoms with Gasteiger partial charge in [0.2, 0.25) is 0 Å². The van der Waals surface area contributed by atoms with Crippen molar-refractivity contribution >= 4 is 27.1 Å². The highest BCUT2D eigenvalue weighted by Crippen LogP contribution is 2.37. The average Bonchev–Trinajstić information content (AvgIpc) is 2.90. The molecule has 0 amide bonds. The molecule has 1 fully saturated rings. The number of thiophene rings is 1. The molecule has 0 saturated carbocycles. The fourth-order valence-electron chi connectivity index (χ4n) is 3.17. The molecule has 1 aromatic heterocycles. The molecule has 24 heavy (non-hydrogen) atoms. The molecule has 2 aromatic rings. The molecule has 124 valence electrons. The number of alkyl halides is 1. The number of nitriles is 1. The summed E-state index contributed by atoms with van der Waals surface area (Å²) in [7, 11) is 1.95. The maximum absolute atomic E-state index is 14.3. The van der Waals surface area contributed by atoms with E-state index in [2.05, 4.69) is 23.2 Å². The third-order valence-corrected chi connectivity index (χ3v) is 5.59. The number of nitrogens with zero attached hydrogens (tertiary/aromatic N) is 2. The van der Waals surface area contributed by atoms with Gasteiger partial charge in [0.05, 0.1) is 33.8 Å². The standard InChI is InChI=1S/C19H20FN3S/c1-3-5-18-13(8-10-21)14-6-4-7-17(19(14)24-18)22-16-9-11-23(2)12-15(16)20/h4,6-7,15-16,22H,8-9,11-12H2,1-2H3. The van der Waals surface area contributed by atoms with E-state index < -0.39 is 6.17 Å². The Morgan fingerprint density at radius 1 is 1.46 bits per heavy atom. The Kier molecular flexibility index (Phi) is 5.04. The van der Waals surface area contributed by atoms with Crippen LogP contribution in [0.15, 0.2) is 18.2 Å². The van der Waals surface area contributed by atoms with E-state index in [1.165, 1.54) is 0 Å². The Bertz CT molecular complexity index is 840. The second-order valence-electron chi connectivity index (χ2n) is 6.12. The topological polar surface area (TPSA) is 39.1 Å². The number of anilines is 1. The van der Waals surface area contributed by atoms with Crippen LogP contribution in [-0.4, -0.2) is 37.3 Å². The lowest BCUT2D eigenvalue weighted by atomic mass is 10.0. The smallest absolute Gasteiger partial charge is 0.133 e. The summed E-state index contributed by atoms with van der Waals surface area (Å²) in [5.74, 6) is 6.03. The fraction of sp³-hybridized carbons (Fsp3) is 0.421. The van der Waals surface area contributed by atoms with Crippen molar-refractivity contribution in [2.75, 3.05) is 25.5 Å². The Hall–Kier alpha value is -2.08. The zero-order valence-electron chi connectivity index (χ0n) is 13.9. The van der Waals surface area contributed by atoms with Gasteiger partial charge in [0.1, 0.15) is 6.17 Å². The van der Waals surface area contributed by atoms with Crippen LogP contribution < -0.4 is 5.32 Å². The van der Waals surface area contributed by atoms with Crippen molar-refractivity contribution in [1.82, 2.24) is 4.90 Å². The van der Waals surface area contributed by atoms with E-state index in [4.69, 9.17) is 5.26 Å². The van der Waals surface area contributed by atoms with Gasteiger partial charge in [0.15, 0.2) is 0 Å². The highest BCUT2D eigenvalue weighted by Gasteiger charge is 2.28. The molecule has 0 aliphatic carbocycles. The first kappa shape index (κ1) is 16.8. The molecule has 1 N–H and O–H groups in total. The summed E-state index contributed by atoms with van der Waals surface area (Å²) in [5, 5.41) is 13.6. The summed E-state index contributed by atoms with van der Waals surface area (Å²) in [6, 6.07) is 8.03. The summed E-state index contributed by atoms with van der Waals surface area (Å²) < 4.78 is 15.4. The monoisotopic (exact) mass is 341 g/mol. The third kappa shape index (κ3) is 3.24. The first-order valence-corrected chi connectivity index (χ1v) is 8.89. The molecular formula is C19H20FN3S. The number of rotatable bonds is 3. The number of benzene rings is 1. The minimum Gasteiger partial charge on any atom is -0.378 e. The zero-order valence-corrected chi connectivity index (χ0v) is 14.7. The number of hydrogen-bond acceptors (Lipinski definition) is 4. The molecule has 2 unspecified atom stereocenters. The number of nitrogens with one attached hydrogen (secondary N) is 1. The van der Waals surface area contributed by atoms with Gasteiger partial charge in [-0.05, 0) is 26.5 Å². The lowest BCUT2D eigenvalue weighted by molar-refractivity contribution is 0.149. The number of halogens is 1. The summed E-state index contributed by atoms with van der Waals surface area (Å²) in [6.45, 7) is 3.15. The van der Waals surface area contributed by atoms with Crippen molar-refractivity contribution in [2.45, 2.75) is 32.0 Å². The van der Waals surface area contributed by atoms with Gasteiger partial charge in [-0.3, -0.25) is 0 Å². The van der Waals surface area contributed by atoms with Gasteiger partial charge in [-0.1, -0.05) is 18.1 Å². The quantitative estimate of drug-likeness (QED) is 0.863. The molecule has 0 bridgehead atoms. The van der Waals surface area contributed by atoms with E-state index in [1.54, 1.807) is 18.3 Å². The molecule has 3 rings (SSSR count). The maximum atomic E-state index is 14.3. The van der Waals surface area contributed by atoms with Crippen molar-refractivity contribution in [1.29, 1.82) is 5.26 Å². The Labute approximate surface area is 146 Å². The normalized spacial score (nSPS) is 21.1. The van der Waals surface area contributed by atoms with Gasteiger partial charge < -0.3 is 10.2 Å². The number of fused-ring (bicyclic) bond motifs is 1. The maximum Gasteiger partial charge on any atom is 0.133 e. The summed E-state index contributed by atoms with van der Waals surface area (Å²) in [5.41, 5.74) is 1.92. The van der Waals surface area contributed by atoms with Crippen LogP contribution in [0.5, 0.6) is 0 Å². The minimum atomic E-state index is -0.882. The van der Waals surface area contributed by atoms with Crippen molar-refractivity contribution in [2.24, 2.45) is 0 Å². The van der Waals surface area contributed by atoms with Gasteiger partial charge >= 0.3 is 0 Å². The first-order valence-electron chi connectivity index (χ1n) is 8.07. The predicted octanol–water partition coefficient (Wildman–Crippen LogP) is 3.79. The predicted molar refractivity (Wildman–Crippen MR) is 98.1 cm³/mol. The van der Waals surface area contributed by atoms with E-state index >= 15 is 0 Å². The van der Waals surface area contributed by atoms with Crippen LogP contribution in [0.1, 0.15) is 23.8 Å². The van der Waals surface area contributed by atoms with Crippen molar-refractivity contribution in [3.63, 3.8) is 0 Å². The van der Waals surface area contributed by atoms with Crippen LogP contribution in [0.25, 0.3) is 10.1 Å². The van der Waals surface area contributed by atoms with Gasteiger partial charge in [-0.15, -0.1) is 17.3 Å². The Balaban J connectivity index is 1.98. The van der Waals surface area contributed by atoms with E-state index in [1.807, 2.05) is 30.1 Å². The number of likely N-dealkylation sites (tertiary alicyclic amines) is 1. The van der Waals surface area contributed by atoms with Crippen LogP contribution in [0.2, 0.25) is 0 Å². The van der Waals surface area contributed by atoms with Crippen LogP contribution in [0.4, 0.5) is 10.1 Å². The lowest BCUT2D eigenvalue weighted by Crippen LogP contribution is -2.46. The molecule has 5 heteroatoms. The molecule has 0 spiro atoms. The third-order valence-electron chi connectivity index (χ3n) is 4.40. The highest BCUT2D eigenvalue weighted by atomic mass is 32.1. The largest absolute Gasteiger partial charge is 0.378 e. The minimum absolute atomic E-state index is 0.172. The highest BCUT2D eigenvalue weighted by molar-refractivity contribution is 7.20. The number of piperidine rings is 1. The first-order chi connectivity index (χ1) is 11.6. The molecule has 2 heterocycles. The molecular weight excluding hydrogens is 321 g/mol. The lowest BCUT2D eigenvalue weighted by Gasteiger charge is -2.33. The second-order valence-corrected chi connectivity index (χ2v) is 7.14.